The lowest BCUT2D eigenvalue weighted by Gasteiger charge is -2.29. The molecule has 0 atom stereocenters. The van der Waals surface area contributed by atoms with Crippen LogP contribution in [0.15, 0.2) is 30.0 Å². The fourth-order valence-corrected chi connectivity index (χ4v) is 2.73. The summed E-state index contributed by atoms with van der Waals surface area (Å²) in [5.74, 6) is -1.90. The molecule has 1 saturated heterocycles. The van der Waals surface area contributed by atoms with Crippen molar-refractivity contribution in [3.05, 3.63) is 45.1 Å². The first-order valence-electron chi connectivity index (χ1n) is 7.66. The summed E-state index contributed by atoms with van der Waals surface area (Å²) in [6.07, 6.45) is 1.83. The van der Waals surface area contributed by atoms with Gasteiger partial charge in [0.2, 0.25) is 0 Å². The predicted molar refractivity (Wildman–Crippen MR) is 92.4 cm³/mol. The Balaban J connectivity index is 2.08. The van der Waals surface area contributed by atoms with E-state index in [0.29, 0.717) is 18.5 Å². The zero-order valence-electron chi connectivity index (χ0n) is 13.5. The number of hydrogen-bond acceptors (Lipinski definition) is 6. The number of carbonyl (C=O) groups excluding carboxylic acids is 1. The number of carboxylic acids is 1. The van der Waals surface area contributed by atoms with Gasteiger partial charge in [-0.15, -0.1) is 0 Å². The highest BCUT2D eigenvalue weighted by atomic mass is 35.5. The number of nitriles is 1. The molecule has 0 unspecified atom stereocenters. The lowest BCUT2D eigenvalue weighted by atomic mass is 9.97. The summed E-state index contributed by atoms with van der Waals surface area (Å²) in [5.41, 5.74) is -0.187. The van der Waals surface area contributed by atoms with E-state index in [4.69, 9.17) is 16.7 Å². The maximum Gasteiger partial charge on any atom is 0.306 e. The zero-order valence-corrected chi connectivity index (χ0v) is 14.3. The number of likely N-dealkylation sites (tertiary alicyclic amines) is 1. The number of nitrogens with one attached hydrogen (secondary N) is 1. The number of anilines is 1. The monoisotopic (exact) mass is 378 g/mol. The summed E-state index contributed by atoms with van der Waals surface area (Å²) in [4.78, 5) is 35.0. The molecule has 136 valence electrons. The van der Waals surface area contributed by atoms with E-state index in [1.807, 2.05) is 0 Å². The fraction of sp³-hybridized carbons (Fsp3) is 0.312. The van der Waals surface area contributed by atoms with Crippen LogP contribution in [-0.2, 0) is 9.59 Å². The summed E-state index contributed by atoms with van der Waals surface area (Å²) in [6.45, 7) is 0.502. The molecule has 1 aliphatic rings. The predicted octanol–water partition coefficient (Wildman–Crippen LogP) is 2.39. The number of aliphatic carboxylic acids is 1. The average molecular weight is 379 g/mol. The zero-order chi connectivity index (χ0) is 19.3. The third-order valence-corrected chi connectivity index (χ3v) is 4.33. The van der Waals surface area contributed by atoms with E-state index in [2.05, 4.69) is 5.32 Å². The lowest BCUT2D eigenvalue weighted by Crippen LogP contribution is -2.40. The van der Waals surface area contributed by atoms with Crippen LogP contribution in [-0.4, -0.2) is 39.9 Å². The van der Waals surface area contributed by atoms with Gasteiger partial charge in [0.1, 0.15) is 16.7 Å². The smallest absolute Gasteiger partial charge is 0.306 e. The number of carboxylic acid groups (broad SMARTS) is 1. The molecule has 26 heavy (non-hydrogen) atoms. The van der Waals surface area contributed by atoms with Crippen molar-refractivity contribution in [2.75, 3.05) is 18.4 Å². The van der Waals surface area contributed by atoms with Gasteiger partial charge in [0, 0.05) is 31.0 Å². The van der Waals surface area contributed by atoms with Crippen LogP contribution in [0.3, 0.4) is 0 Å². The number of benzene rings is 1. The van der Waals surface area contributed by atoms with E-state index in [1.165, 1.54) is 29.3 Å². The van der Waals surface area contributed by atoms with Gasteiger partial charge in [0.15, 0.2) is 0 Å². The third kappa shape index (κ3) is 4.49. The Morgan fingerprint density at radius 1 is 1.42 bits per heavy atom. The first-order chi connectivity index (χ1) is 12.3. The van der Waals surface area contributed by atoms with Gasteiger partial charge in [-0.2, -0.15) is 5.26 Å². The largest absolute Gasteiger partial charge is 0.481 e. The molecule has 1 aromatic rings. The molecule has 0 radical (unpaired) electrons. The Kier molecular flexibility index (Phi) is 6.14. The minimum absolute atomic E-state index is 0.0255. The van der Waals surface area contributed by atoms with Gasteiger partial charge < -0.3 is 15.3 Å². The summed E-state index contributed by atoms with van der Waals surface area (Å²) in [5, 5.41) is 31.7. The Morgan fingerprint density at radius 3 is 2.62 bits per heavy atom. The highest BCUT2D eigenvalue weighted by molar-refractivity contribution is 6.32. The molecule has 10 heteroatoms. The number of hydrogen-bond donors (Lipinski definition) is 2. The summed E-state index contributed by atoms with van der Waals surface area (Å²) < 4.78 is 0. The van der Waals surface area contributed by atoms with E-state index in [0.717, 1.165) is 0 Å². The van der Waals surface area contributed by atoms with Crippen LogP contribution < -0.4 is 5.32 Å². The molecule has 0 bridgehead atoms. The normalized spacial score (nSPS) is 15.2. The Bertz CT molecular complexity index is 809. The summed E-state index contributed by atoms with van der Waals surface area (Å²) in [6, 6.07) is 5.78. The fourth-order valence-electron chi connectivity index (χ4n) is 2.54. The molecular formula is C16H15ClN4O5. The van der Waals surface area contributed by atoms with Crippen molar-refractivity contribution in [3.8, 4) is 6.07 Å². The molecule has 0 aliphatic carbocycles. The molecule has 0 spiro atoms. The highest BCUT2D eigenvalue weighted by Crippen LogP contribution is 2.27. The second-order valence-electron chi connectivity index (χ2n) is 5.64. The molecule has 2 N–H and O–H groups in total. The van der Waals surface area contributed by atoms with E-state index >= 15 is 0 Å². The average Bonchev–Trinajstić information content (AvgIpc) is 2.63. The van der Waals surface area contributed by atoms with Crippen LogP contribution >= 0.6 is 11.6 Å². The van der Waals surface area contributed by atoms with Crippen molar-refractivity contribution < 1.29 is 19.6 Å². The van der Waals surface area contributed by atoms with Gasteiger partial charge in [-0.05, 0) is 25.0 Å². The van der Waals surface area contributed by atoms with Crippen molar-refractivity contribution >= 4 is 34.9 Å². The van der Waals surface area contributed by atoms with E-state index in [9.17, 15) is 25.0 Å². The Hall–Kier alpha value is -3.12. The number of halogens is 1. The van der Waals surface area contributed by atoms with Crippen molar-refractivity contribution in [2.45, 2.75) is 12.8 Å². The quantitative estimate of drug-likeness (QED) is 0.347. The van der Waals surface area contributed by atoms with Crippen LogP contribution in [0, 0.1) is 27.4 Å². The molecule has 0 aromatic heterocycles. The Labute approximate surface area is 153 Å². The van der Waals surface area contributed by atoms with Gasteiger partial charge in [-0.3, -0.25) is 19.7 Å². The molecule has 9 nitrogen and oxygen atoms in total. The standard InChI is InChI=1S/C16H15ClN4O5/c17-13-2-1-12(7-14(13)21(25)26)19-9-11(8-18)15(22)20-5-3-10(4-6-20)16(23)24/h1-2,7,9-10,19H,3-6H2,(H,23,24)/b11-9-. The summed E-state index contributed by atoms with van der Waals surface area (Å²) in [7, 11) is 0. The van der Waals surface area contributed by atoms with Crippen molar-refractivity contribution in [1.29, 1.82) is 5.26 Å². The first-order valence-corrected chi connectivity index (χ1v) is 8.04. The number of rotatable bonds is 5. The van der Waals surface area contributed by atoms with E-state index in [1.54, 1.807) is 6.07 Å². The van der Waals surface area contributed by atoms with Crippen LogP contribution in [0.4, 0.5) is 11.4 Å². The van der Waals surface area contributed by atoms with Gasteiger partial charge >= 0.3 is 5.97 Å². The second-order valence-corrected chi connectivity index (χ2v) is 6.05. The number of nitrogens with zero attached hydrogens (tertiary/aromatic N) is 3. The number of nitro groups is 1. The molecule has 1 aliphatic heterocycles. The maximum atomic E-state index is 12.4. The summed E-state index contributed by atoms with van der Waals surface area (Å²) >= 11 is 5.73. The van der Waals surface area contributed by atoms with Gasteiger partial charge in [-0.1, -0.05) is 11.6 Å². The highest BCUT2D eigenvalue weighted by Gasteiger charge is 2.28. The van der Waals surface area contributed by atoms with Crippen LogP contribution in [0.1, 0.15) is 12.8 Å². The SMILES string of the molecule is N#C/C(=C/Nc1ccc(Cl)c([N+](=O)[O-])c1)C(=O)N1CCC(C(=O)O)CC1. The van der Waals surface area contributed by atoms with Crippen molar-refractivity contribution in [2.24, 2.45) is 5.92 Å². The Morgan fingerprint density at radius 2 is 2.08 bits per heavy atom. The first kappa shape index (κ1) is 19.2. The van der Waals surface area contributed by atoms with Crippen LogP contribution in [0.25, 0.3) is 0 Å². The topological polar surface area (TPSA) is 137 Å². The van der Waals surface area contributed by atoms with Crippen molar-refractivity contribution in [1.82, 2.24) is 4.90 Å². The molecule has 1 fully saturated rings. The number of piperidine rings is 1. The molecule has 1 heterocycles. The maximum absolute atomic E-state index is 12.4. The van der Waals surface area contributed by atoms with Gasteiger partial charge in [-0.25, -0.2) is 0 Å². The number of amides is 1. The number of nitro benzene ring substituents is 1. The lowest BCUT2D eigenvalue weighted by molar-refractivity contribution is -0.384. The minimum Gasteiger partial charge on any atom is -0.481 e. The molecule has 2 rings (SSSR count). The van der Waals surface area contributed by atoms with E-state index < -0.39 is 22.7 Å². The van der Waals surface area contributed by atoms with Gasteiger partial charge in [0.25, 0.3) is 11.6 Å². The van der Waals surface area contributed by atoms with E-state index in [-0.39, 0.29) is 29.4 Å². The third-order valence-electron chi connectivity index (χ3n) is 4.01. The van der Waals surface area contributed by atoms with Gasteiger partial charge in [0.05, 0.1) is 10.8 Å². The molecule has 1 amide bonds. The van der Waals surface area contributed by atoms with Crippen LogP contribution in [0.2, 0.25) is 5.02 Å². The molecular weight excluding hydrogens is 364 g/mol. The molecule has 1 aromatic carbocycles. The number of carbonyl (C=O) groups is 2. The van der Waals surface area contributed by atoms with Crippen molar-refractivity contribution in [3.63, 3.8) is 0 Å². The minimum atomic E-state index is -0.890. The molecule has 0 saturated carbocycles. The van der Waals surface area contributed by atoms with Crippen LogP contribution in [0.5, 0.6) is 0 Å². The second kappa shape index (κ2) is 8.31.